The van der Waals surface area contributed by atoms with E-state index in [9.17, 15) is 13.6 Å². The maximum Gasteiger partial charge on any atom is 0.269 e. The first kappa shape index (κ1) is 9.19. The van der Waals surface area contributed by atoms with Crippen molar-refractivity contribution in [1.82, 2.24) is 4.98 Å². The Morgan fingerprint density at radius 1 is 1.50 bits per heavy atom. The third-order valence-corrected chi connectivity index (χ3v) is 1.72. The lowest BCUT2D eigenvalue weighted by Gasteiger charge is -1.99. The second-order valence-electron chi connectivity index (χ2n) is 2.20. The number of aromatic nitrogens is 1. The highest BCUT2D eigenvalue weighted by Crippen LogP contribution is 2.13. The van der Waals surface area contributed by atoms with Crippen molar-refractivity contribution in [3.8, 4) is 0 Å². The van der Waals surface area contributed by atoms with Crippen LogP contribution in [0.1, 0.15) is 17.6 Å². The molecule has 0 saturated carbocycles. The molecule has 1 rings (SSSR count). The van der Waals surface area contributed by atoms with Crippen LogP contribution in [-0.4, -0.2) is 4.98 Å². The highest BCUT2D eigenvalue weighted by atomic mass is 35.5. The van der Waals surface area contributed by atoms with Crippen molar-refractivity contribution in [1.29, 1.82) is 0 Å². The van der Waals surface area contributed by atoms with Crippen LogP contribution in [0.2, 0.25) is 0 Å². The molecule has 0 unspecified atom stereocenters. The summed E-state index contributed by atoms with van der Waals surface area (Å²) in [7, 11) is 0. The van der Waals surface area contributed by atoms with Gasteiger partial charge >= 0.3 is 0 Å². The van der Waals surface area contributed by atoms with E-state index in [1.807, 2.05) is 0 Å². The molecule has 0 saturated heterocycles. The first-order valence-electron chi connectivity index (χ1n) is 3.20. The van der Waals surface area contributed by atoms with Gasteiger partial charge in [0.2, 0.25) is 0 Å². The predicted molar refractivity (Wildman–Crippen MR) is 41.6 cm³/mol. The van der Waals surface area contributed by atoms with E-state index in [4.69, 9.17) is 11.6 Å². The molecule has 5 heteroatoms. The average molecular weight is 194 g/mol. The summed E-state index contributed by atoms with van der Waals surface area (Å²) in [5, 5.41) is 0. The van der Waals surface area contributed by atoms with Crippen molar-refractivity contribution in [2.24, 2.45) is 0 Å². The first-order chi connectivity index (χ1) is 5.66. The van der Waals surface area contributed by atoms with Crippen LogP contribution in [0.3, 0.4) is 0 Å². The Labute approximate surface area is 72.2 Å². The van der Waals surface area contributed by atoms with Crippen molar-refractivity contribution >= 4 is 11.6 Å². The number of aromatic amines is 1. The lowest BCUT2D eigenvalue weighted by Crippen LogP contribution is -2.13. The van der Waals surface area contributed by atoms with Crippen molar-refractivity contribution in [2.75, 3.05) is 0 Å². The van der Waals surface area contributed by atoms with Crippen LogP contribution in [0, 0.1) is 0 Å². The van der Waals surface area contributed by atoms with Gasteiger partial charge in [-0.05, 0) is 0 Å². The lowest BCUT2D eigenvalue weighted by molar-refractivity contribution is 0.149. The molecule has 12 heavy (non-hydrogen) atoms. The smallest absolute Gasteiger partial charge is 0.269 e. The maximum absolute atomic E-state index is 12.1. The summed E-state index contributed by atoms with van der Waals surface area (Å²) in [6.07, 6.45) is -0.443. The Balaban J connectivity index is 3.24. The molecule has 1 N–H and O–H groups in total. The molecule has 0 amide bonds. The fraction of sp³-hybridized carbons (Fsp3) is 0.286. The van der Waals surface area contributed by atoms with E-state index < -0.39 is 17.4 Å². The Morgan fingerprint density at radius 3 is 2.67 bits per heavy atom. The number of alkyl halides is 3. The summed E-state index contributed by atoms with van der Waals surface area (Å²) in [5.74, 6) is -0.0596. The SMILES string of the molecule is O=c1c(CCl)c[nH]cc1C(F)F. The second-order valence-corrected chi connectivity index (χ2v) is 2.47. The molecule has 0 bridgehead atoms. The van der Waals surface area contributed by atoms with E-state index in [0.29, 0.717) is 0 Å². The van der Waals surface area contributed by atoms with Crippen LogP contribution < -0.4 is 5.43 Å². The predicted octanol–water partition coefficient (Wildman–Crippen LogP) is 2.05. The average Bonchev–Trinajstić information content (AvgIpc) is 2.04. The van der Waals surface area contributed by atoms with E-state index in [-0.39, 0.29) is 11.4 Å². The van der Waals surface area contributed by atoms with E-state index in [2.05, 4.69) is 4.98 Å². The summed E-state index contributed by atoms with van der Waals surface area (Å²) in [6, 6.07) is 0. The monoisotopic (exact) mass is 193 g/mol. The number of rotatable bonds is 2. The molecule has 0 spiro atoms. The molecule has 66 valence electrons. The molecular formula is C7H6ClF2NO. The molecule has 2 nitrogen and oxygen atoms in total. The Morgan fingerprint density at radius 2 is 2.17 bits per heavy atom. The van der Waals surface area contributed by atoms with Gasteiger partial charge in [-0.3, -0.25) is 4.79 Å². The van der Waals surface area contributed by atoms with Gasteiger partial charge in [0.05, 0.1) is 11.4 Å². The topological polar surface area (TPSA) is 32.9 Å². The first-order valence-corrected chi connectivity index (χ1v) is 3.74. The quantitative estimate of drug-likeness (QED) is 0.717. The summed E-state index contributed by atoms with van der Waals surface area (Å²) >= 11 is 5.34. The largest absolute Gasteiger partial charge is 0.367 e. The number of hydrogen-bond acceptors (Lipinski definition) is 1. The highest BCUT2D eigenvalue weighted by Gasteiger charge is 2.13. The van der Waals surface area contributed by atoms with Gasteiger partial charge in [0.15, 0.2) is 5.43 Å². The molecule has 1 aromatic heterocycles. The summed E-state index contributed by atoms with van der Waals surface area (Å²) < 4.78 is 24.2. The molecule has 0 aliphatic heterocycles. The van der Waals surface area contributed by atoms with Crippen molar-refractivity contribution < 1.29 is 8.78 Å². The molecule has 1 aromatic rings. The van der Waals surface area contributed by atoms with Crippen molar-refractivity contribution in [3.63, 3.8) is 0 Å². The van der Waals surface area contributed by atoms with Gasteiger partial charge in [-0.15, -0.1) is 11.6 Å². The van der Waals surface area contributed by atoms with Gasteiger partial charge in [0, 0.05) is 18.0 Å². The molecular weight excluding hydrogens is 188 g/mol. The molecule has 0 aliphatic rings. The number of nitrogens with one attached hydrogen (secondary N) is 1. The van der Waals surface area contributed by atoms with Crippen molar-refractivity contribution in [3.05, 3.63) is 33.7 Å². The van der Waals surface area contributed by atoms with E-state index in [0.717, 1.165) is 6.20 Å². The fourth-order valence-corrected chi connectivity index (χ4v) is 1.01. The van der Waals surface area contributed by atoms with E-state index >= 15 is 0 Å². The summed E-state index contributed by atoms with van der Waals surface area (Å²) in [6.45, 7) is 0. The van der Waals surface area contributed by atoms with Crippen LogP contribution in [0.4, 0.5) is 8.78 Å². The third-order valence-electron chi connectivity index (χ3n) is 1.43. The van der Waals surface area contributed by atoms with Gasteiger partial charge in [-0.1, -0.05) is 0 Å². The Kier molecular flexibility index (Phi) is 2.81. The van der Waals surface area contributed by atoms with Crippen LogP contribution in [0.5, 0.6) is 0 Å². The molecule has 0 aliphatic carbocycles. The second kappa shape index (κ2) is 3.67. The van der Waals surface area contributed by atoms with Crippen LogP contribution in [-0.2, 0) is 5.88 Å². The number of hydrogen-bond donors (Lipinski definition) is 1. The number of pyridine rings is 1. The minimum atomic E-state index is -2.75. The fourth-order valence-electron chi connectivity index (χ4n) is 0.810. The van der Waals surface area contributed by atoms with Crippen LogP contribution >= 0.6 is 11.6 Å². The lowest BCUT2D eigenvalue weighted by atomic mass is 10.2. The molecule has 0 atom stereocenters. The molecule has 0 aromatic carbocycles. The normalized spacial score (nSPS) is 10.7. The molecule has 0 radical (unpaired) electrons. The molecule has 1 heterocycles. The highest BCUT2D eigenvalue weighted by molar-refractivity contribution is 6.17. The summed E-state index contributed by atoms with van der Waals surface area (Å²) in [5.41, 5.74) is -1.05. The van der Waals surface area contributed by atoms with Crippen LogP contribution in [0.15, 0.2) is 17.2 Å². The zero-order valence-electron chi connectivity index (χ0n) is 5.98. The zero-order valence-corrected chi connectivity index (χ0v) is 6.74. The van der Waals surface area contributed by atoms with Gasteiger partial charge < -0.3 is 4.98 Å². The maximum atomic E-state index is 12.1. The van der Waals surface area contributed by atoms with Gasteiger partial charge in [0.25, 0.3) is 6.43 Å². The van der Waals surface area contributed by atoms with Gasteiger partial charge in [-0.2, -0.15) is 0 Å². The number of H-pyrrole nitrogens is 1. The minimum Gasteiger partial charge on any atom is -0.367 e. The van der Waals surface area contributed by atoms with E-state index in [1.54, 1.807) is 0 Å². The minimum absolute atomic E-state index is 0.0596. The Bertz CT molecular complexity index is 323. The Hall–Kier alpha value is -0.900. The molecule has 0 fully saturated rings. The number of halogens is 3. The standard InChI is InChI=1S/C7H6ClF2NO/c8-1-4-2-11-3-5(6(4)12)7(9)10/h2-3,7H,1H2,(H,11,12). The van der Waals surface area contributed by atoms with E-state index in [1.165, 1.54) is 6.20 Å². The van der Waals surface area contributed by atoms with Gasteiger partial charge in [-0.25, -0.2) is 8.78 Å². The zero-order chi connectivity index (χ0) is 9.14. The van der Waals surface area contributed by atoms with Crippen molar-refractivity contribution in [2.45, 2.75) is 12.3 Å². The van der Waals surface area contributed by atoms with Crippen LogP contribution in [0.25, 0.3) is 0 Å². The summed E-state index contributed by atoms with van der Waals surface area (Å²) in [4.78, 5) is 13.5. The third kappa shape index (κ3) is 1.64. The van der Waals surface area contributed by atoms with Gasteiger partial charge in [0.1, 0.15) is 0 Å².